The minimum Gasteiger partial charge on any atom is -0.393 e. The molecule has 6 fully saturated rings. The minimum atomic E-state index is -0.894. The Labute approximate surface area is 205 Å². The molecule has 0 radical (unpaired) electrons. The van der Waals surface area contributed by atoms with E-state index < -0.39 is 11.4 Å². The maximum absolute atomic E-state index is 11.0. The van der Waals surface area contributed by atoms with Crippen molar-refractivity contribution in [3.63, 3.8) is 0 Å². The lowest BCUT2D eigenvalue weighted by molar-refractivity contribution is -0.244. The Balaban J connectivity index is 1.30. The highest BCUT2D eigenvalue weighted by Gasteiger charge is 2.79. The van der Waals surface area contributed by atoms with Gasteiger partial charge in [-0.15, -0.1) is 0 Å². The second-order valence-electron chi connectivity index (χ2n) is 15.4. The van der Waals surface area contributed by atoms with Crippen LogP contribution in [0.15, 0.2) is 11.6 Å². The number of hydrogen-bond acceptors (Lipinski definition) is 4. The first-order chi connectivity index (χ1) is 15.7. The van der Waals surface area contributed by atoms with Crippen LogP contribution in [0.1, 0.15) is 93.4 Å². The number of hydrogen-bond donors (Lipinski definition) is 2. The SMILES string of the molecule is C[C@@H]1C[C@H]2O[C@]3(C[C@@]4(C)[C@@H]5CC[C@H]6C(C)(C)[C@@H](O)C[C@H]7C[C@]76C5=CC[C@]4(C)[C@@H]13)O[C@@H]2C(C)(C)O. The van der Waals surface area contributed by atoms with E-state index in [-0.39, 0.29) is 34.6 Å². The molecule has 2 saturated heterocycles. The van der Waals surface area contributed by atoms with Gasteiger partial charge in [-0.2, -0.15) is 0 Å². The second kappa shape index (κ2) is 6.17. The summed E-state index contributed by atoms with van der Waals surface area (Å²) in [4.78, 5) is 0. The van der Waals surface area contributed by atoms with E-state index in [2.05, 4.69) is 40.7 Å². The van der Waals surface area contributed by atoms with Gasteiger partial charge in [0.25, 0.3) is 0 Å². The van der Waals surface area contributed by atoms with Crippen LogP contribution >= 0.6 is 0 Å². The van der Waals surface area contributed by atoms with E-state index in [1.807, 2.05) is 13.8 Å². The molecule has 4 saturated carbocycles. The van der Waals surface area contributed by atoms with Crippen LogP contribution in [0.4, 0.5) is 0 Å². The maximum Gasteiger partial charge on any atom is 0.173 e. The van der Waals surface area contributed by atoms with Crippen LogP contribution in [0.5, 0.6) is 0 Å². The lowest BCUT2D eigenvalue weighted by Gasteiger charge is -2.60. The molecule has 12 atom stereocenters. The molecule has 5 aliphatic carbocycles. The van der Waals surface area contributed by atoms with Gasteiger partial charge in [0.15, 0.2) is 5.79 Å². The Kier molecular flexibility index (Phi) is 4.13. The van der Waals surface area contributed by atoms with Crippen LogP contribution in [0.3, 0.4) is 0 Å². The van der Waals surface area contributed by atoms with Gasteiger partial charge >= 0.3 is 0 Å². The highest BCUT2D eigenvalue weighted by atomic mass is 16.8. The molecule has 4 heteroatoms. The predicted molar refractivity (Wildman–Crippen MR) is 131 cm³/mol. The summed E-state index contributed by atoms with van der Waals surface area (Å²) in [6, 6.07) is 0. The topological polar surface area (TPSA) is 58.9 Å². The zero-order chi connectivity index (χ0) is 24.3. The highest BCUT2D eigenvalue weighted by Crippen LogP contribution is 2.82. The summed E-state index contributed by atoms with van der Waals surface area (Å²) in [5, 5.41) is 21.9. The monoisotopic (exact) mass is 470 g/mol. The van der Waals surface area contributed by atoms with E-state index in [9.17, 15) is 10.2 Å². The molecule has 0 aromatic carbocycles. The summed E-state index contributed by atoms with van der Waals surface area (Å²) in [7, 11) is 0. The number of aliphatic hydroxyl groups excluding tert-OH is 1. The maximum atomic E-state index is 11.0. The van der Waals surface area contributed by atoms with Crippen molar-refractivity contribution in [1.29, 1.82) is 0 Å². The molecule has 7 rings (SSSR count). The van der Waals surface area contributed by atoms with Gasteiger partial charge in [0.2, 0.25) is 0 Å². The molecular formula is C30H46O4. The molecular weight excluding hydrogens is 424 g/mol. The molecule has 2 spiro atoms. The van der Waals surface area contributed by atoms with Crippen molar-refractivity contribution in [1.82, 2.24) is 0 Å². The molecule has 2 aliphatic heterocycles. The highest BCUT2D eigenvalue weighted by molar-refractivity contribution is 5.40. The molecule has 0 unspecified atom stereocenters. The van der Waals surface area contributed by atoms with Gasteiger partial charge in [-0.1, -0.05) is 46.3 Å². The third-order valence-electron chi connectivity index (χ3n) is 13.2. The number of fused-ring (bicyclic) bond motifs is 5. The largest absolute Gasteiger partial charge is 0.393 e. The van der Waals surface area contributed by atoms with Gasteiger partial charge in [0.1, 0.15) is 6.10 Å². The average Bonchev–Trinajstić information content (AvgIpc) is 3.24. The number of allylic oxidation sites excluding steroid dienone is 2. The summed E-state index contributed by atoms with van der Waals surface area (Å²) >= 11 is 0. The molecule has 2 N–H and O–H groups in total. The first-order valence-electron chi connectivity index (χ1n) is 14.2. The van der Waals surface area contributed by atoms with Crippen LogP contribution in [0.2, 0.25) is 0 Å². The molecule has 0 aromatic heterocycles. The molecule has 4 nitrogen and oxygen atoms in total. The zero-order valence-corrected chi connectivity index (χ0v) is 22.4. The van der Waals surface area contributed by atoms with Crippen molar-refractivity contribution < 1.29 is 19.7 Å². The molecule has 0 aromatic rings. The van der Waals surface area contributed by atoms with Crippen LogP contribution in [-0.2, 0) is 9.47 Å². The molecule has 0 amide bonds. The van der Waals surface area contributed by atoms with Crippen molar-refractivity contribution in [2.24, 2.45) is 51.2 Å². The summed E-state index contributed by atoms with van der Waals surface area (Å²) in [6.45, 7) is 16.0. The molecule has 190 valence electrons. The number of rotatable bonds is 1. The lowest BCUT2D eigenvalue weighted by atomic mass is 9.44. The fourth-order valence-electron chi connectivity index (χ4n) is 11.6. The summed E-state index contributed by atoms with van der Waals surface area (Å²) in [6.07, 6.45) is 10.0. The molecule has 2 bridgehead atoms. The minimum absolute atomic E-state index is 0.00214. The summed E-state index contributed by atoms with van der Waals surface area (Å²) in [5.74, 6) is 2.19. The quantitative estimate of drug-likeness (QED) is 0.500. The Bertz CT molecular complexity index is 963. The normalized spacial score (nSPS) is 60.9. The van der Waals surface area contributed by atoms with Gasteiger partial charge in [0.05, 0.1) is 17.8 Å². The van der Waals surface area contributed by atoms with E-state index in [1.165, 1.54) is 19.3 Å². The van der Waals surface area contributed by atoms with Crippen molar-refractivity contribution in [2.45, 2.75) is 123 Å². The van der Waals surface area contributed by atoms with Gasteiger partial charge in [0, 0.05) is 12.3 Å². The Morgan fingerprint density at radius 3 is 2.47 bits per heavy atom. The van der Waals surface area contributed by atoms with Gasteiger partial charge < -0.3 is 19.7 Å². The van der Waals surface area contributed by atoms with Crippen molar-refractivity contribution in [3.8, 4) is 0 Å². The number of ether oxygens (including phenoxy) is 2. The molecule has 34 heavy (non-hydrogen) atoms. The van der Waals surface area contributed by atoms with Crippen molar-refractivity contribution in [3.05, 3.63) is 11.6 Å². The molecule has 2 heterocycles. The third kappa shape index (κ3) is 2.33. The first kappa shape index (κ1) is 22.8. The van der Waals surface area contributed by atoms with E-state index in [0.717, 1.165) is 25.7 Å². The summed E-state index contributed by atoms with van der Waals surface area (Å²) in [5.41, 5.74) is 1.47. The number of aliphatic hydroxyl groups is 2. The second-order valence-corrected chi connectivity index (χ2v) is 15.4. The Morgan fingerprint density at radius 1 is 1.03 bits per heavy atom. The van der Waals surface area contributed by atoms with Crippen LogP contribution in [0.25, 0.3) is 0 Å². The van der Waals surface area contributed by atoms with Gasteiger partial charge in [-0.3, -0.25) is 0 Å². The smallest absolute Gasteiger partial charge is 0.173 e. The van der Waals surface area contributed by atoms with Crippen LogP contribution < -0.4 is 0 Å². The van der Waals surface area contributed by atoms with Crippen LogP contribution in [0, 0.1) is 51.2 Å². The summed E-state index contributed by atoms with van der Waals surface area (Å²) < 4.78 is 13.8. The van der Waals surface area contributed by atoms with Crippen molar-refractivity contribution in [2.75, 3.05) is 0 Å². The predicted octanol–water partition coefficient (Wildman–Crippen LogP) is 5.46. The standard InChI is InChI=1S/C30H46O4/c1-16-12-20-24(26(4,5)32)34-30(33-20)15-28(7)18-8-9-21-25(2,3)22(31)13-17-14-29(17,21)19(18)10-11-27(28,6)23(16)30/h10,16-18,20-24,31-32H,8-9,11-15H2,1-7H3/t16-,17+,18-,20-,21+,22+,23-,24+,27-,28+,29-,30-/m1/s1. The average molecular weight is 471 g/mol. The van der Waals surface area contributed by atoms with Gasteiger partial charge in [-0.25, -0.2) is 0 Å². The van der Waals surface area contributed by atoms with E-state index in [1.54, 1.807) is 5.57 Å². The zero-order valence-electron chi connectivity index (χ0n) is 22.4. The fraction of sp³-hybridized carbons (Fsp3) is 0.933. The van der Waals surface area contributed by atoms with Crippen molar-refractivity contribution >= 4 is 0 Å². The Morgan fingerprint density at radius 2 is 1.76 bits per heavy atom. The van der Waals surface area contributed by atoms with Gasteiger partial charge in [-0.05, 0) is 97.7 Å². The molecule has 7 aliphatic rings. The van der Waals surface area contributed by atoms with E-state index in [4.69, 9.17) is 9.47 Å². The third-order valence-corrected chi connectivity index (χ3v) is 13.2. The Hall–Kier alpha value is -0.420. The van der Waals surface area contributed by atoms with E-state index in [0.29, 0.717) is 35.0 Å². The van der Waals surface area contributed by atoms with E-state index >= 15 is 0 Å². The first-order valence-corrected chi connectivity index (χ1v) is 14.2. The lowest BCUT2D eigenvalue weighted by Crippen LogP contribution is -2.55. The fourth-order valence-corrected chi connectivity index (χ4v) is 11.6. The van der Waals surface area contributed by atoms with Crippen LogP contribution in [-0.4, -0.2) is 39.9 Å².